The summed E-state index contributed by atoms with van der Waals surface area (Å²) in [4.78, 5) is 30.1. The Balaban J connectivity index is 1.76. The quantitative estimate of drug-likeness (QED) is 0.374. The fraction of sp³-hybridized carbons (Fsp3) is 0.233. The largest absolute Gasteiger partial charge is 0.378 e. The van der Waals surface area contributed by atoms with Crippen molar-refractivity contribution in [1.29, 1.82) is 0 Å². The second-order valence-electron chi connectivity index (χ2n) is 9.14. The minimum atomic E-state index is -0.108. The Morgan fingerprint density at radius 1 is 1.03 bits per heavy atom. The van der Waals surface area contributed by atoms with Crippen molar-refractivity contribution in [2.75, 3.05) is 15.5 Å². The molecular formula is C30H32N4O2. The van der Waals surface area contributed by atoms with Crippen LogP contribution in [0.5, 0.6) is 0 Å². The summed E-state index contributed by atoms with van der Waals surface area (Å²) >= 11 is 0. The summed E-state index contributed by atoms with van der Waals surface area (Å²) in [5.74, 6) is -0.0812. The van der Waals surface area contributed by atoms with Crippen molar-refractivity contribution in [3.8, 4) is 11.1 Å². The Morgan fingerprint density at radius 3 is 2.50 bits per heavy atom. The third kappa shape index (κ3) is 5.23. The maximum Gasteiger partial charge on any atom is 0.224 e. The number of carbonyl (C=O) groups is 2. The lowest BCUT2D eigenvalue weighted by Crippen LogP contribution is -2.43. The van der Waals surface area contributed by atoms with E-state index in [0.717, 1.165) is 51.4 Å². The van der Waals surface area contributed by atoms with E-state index in [1.54, 1.807) is 6.92 Å². The first-order valence-electron chi connectivity index (χ1n) is 12.1. The Bertz CT molecular complexity index is 1340. The van der Waals surface area contributed by atoms with Gasteiger partial charge in [0.25, 0.3) is 0 Å². The van der Waals surface area contributed by atoms with E-state index in [1.807, 2.05) is 72.5 Å². The molecule has 0 saturated carbocycles. The SMILES string of the molecule is C=Nc1ccc(N[C@@H]2C[C@H](C)N(C(C)=O)c3ccc(-c4cccc(NC(C)=O)c4)cc32)cc1/C=C\C. The maximum absolute atomic E-state index is 12.6. The van der Waals surface area contributed by atoms with Crippen LogP contribution in [0.15, 0.2) is 71.7 Å². The van der Waals surface area contributed by atoms with Gasteiger partial charge in [0.2, 0.25) is 11.8 Å². The van der Waals surface area contributed by atoms with Crippen LogP contribution in [-0.2, 0) is 9.59 Å². The predicted molar refractivity (Wildman–Crippen MR) is 150 cm³/mol. The van der Waals surface area contributed by atoms with Crippen molar-refractivity contribution < 1.29 is 9.59 Å². The van der Waals surface area contributed by atoms with Gasteiger partial charge in [-0.3, -0.25) is 14.6 Å². The number of anilines is 3. The fourth-order valence-electron chi connectivity index (χ4n) is 4.94. The maximum atomic E-state index is 12.6. The van der Waals surface area contributed by atoms with Crippen LogP contribution in [0.25, 0.3) is 17.2 Å². The molecule has 36 heavy (non-hydrogen) atoms. The molecule has 0 unspecified atom stereocenters. The number of amides is 2. The van der Waals surface area contributed by atoms with Crippen molar-refractivity contribution in [3.05, 3.63) is 77.9 Å². The van der Waals surface area contributed by atoms with Crippen LogP contribution < -0.4 is 15.5 Å². The van der Waals surface area contributed by atoms with Crippen LogP contribution in [0.3, 0.4) is 0 Å². The standard InChI is InChI=1S/C30H32N4O2/c1-6-8-24-17-26(12-13-28(24)31-5)33-29-15-19(2)34(21(4)36)30-14-11-23(18-27(29)30)22-9-7-10-25(16-22)32-20(3)35/h6-14,16-19,29,33H,5,15H2,1-4H3,(H,32,35)/b8-6-/t19-,29+/m0/s1. The molecule has 2 atom stereocenters. The van der Waals surface area contributed by atoms with E-state index in [9.17, 15) is 9.59 Å². The molecule has 2 N–H and O–H groups in total. The third-order valence-electron chi connectivity index (χ3n) is 6.42. The van der Waals surface area contributed by atoms with Gasteiger partial charge in [0, 0.05) is 42.5 Å². The third-order valence-corrected chi connectivity index (χ3v) is 6.42. The summed E-state index contributed by atoms with van der Waals surface area (Å²) in [7, 11) is 0. The molecule has 0 radical (unpaired) electrons. The lowest BCUT2D eigenvalue weighted by molar-refractivity contribution is -0.117. The topological polar surface area (TPSA) is 73.8 Å². The number of hydrogen-bond donors (Lipinski definition) is 2. The van der Waals surface area contributed by atoms with E-state index in [1.165, 1.54) is 6.92 Å². The minimum Gasteiger partial charge on any atom is -0.378 e. The Morgan fingerprint density at radius 2 is 1.81 bits per heavy atom. The van der Waals surface area contributed by atoms with E-state index >= 15 is 0 Å². The van der Waals surface area contributed by atoms with Gasteiger partial charge >= 0.3 is 0 Å². The number of rotatable bonds is 6. The number of nitrogens with one attached hydrogen (secondary N) is 2. The Hall–Kier alpha value is -4.19. The monoisotopic (exact) mass is 480 g/mol. The summed E-state index contributed by atoms with van der Waals surface area (Å²) in [6.45, 7) is 10.9. The predicted octanol–water partition coefficient (Wildman–Crippen LogP) is 6.98. The molecule has 3 aromatic rings. The minimum absolute atomic E-state index is 0.00470. The van der Waals surface area contributed by atoms with E-state index < -0.39 is 0 Å². The average Bonchev–Trinajstić information content (AvgIpc) is 2.84. The van der Waals surface area contributed by atoms with Gasteiger partial charge in [-0.05, 0) is 86.1 Å². The van der Waals surface area contributed by atoms with Crippen LogP contribution >= 0.6 is 0 Å². The van der Waals surface area contributed by atoms with Crippen LogP contribution in [-0.4, -0.2) is 24.6 Å². The van der Waals surface area contributed by atoms with Crippen molar-refractivity contribution in [3.63, 3.8) is 0 Å². The number of benzene rings is 3. The number of carbonyl (C=O) groups excluding carboxylic acids is 2. The van der Waals surface area contributed by atoms with Crippen LogP contribution in [0, 0.1) is 0 Å². The smallest absolute Gasteiger partial charge is 0.224 e. The lowest BCUT2D eigenvalue weighted by Gasteiger charge is -2.40. The molecule has 6 nitrogen and oxygen atoms in total. The highest BCUT2D eigenvalue weighted by Gasteiger charge is 2.32. The van der Waals surface area contributed by atoms with Crippen LogP contribution in [0.1, 0.15) is 51.3 Å². The van der Waals surface area contributed by atoms with Gasteiger partial charge < -0.3 is 15.5 Å². The highest BCUT2D eigenvalue weighted by atomic mass is 16.2. The summed E-state index contributed by atoms with van der Waals surface area (Å²) in [6.07, 6.45) is 4.77. The first-order valence-corrected chi connectivity index (χ1v) is 12.1. The number of nitrogens with zero attached hydrogens (tertiary/aromatic N) is 2. The van der Waals surface area contributed by atoms with Gasteiger partial charge in [-0.1, -0.05) is 30.4 Å². The molecule has 0 saturated heterocycles. The molecule has 4 rings (SSSR count). The number of fused-ring (bicyclic) bond motifs is 1. The first kappa shape index (κ1) is 24.9. The van der Waals surface area contributed by atoms with Gasteiger partial charge in [-0.25, -0.2) is 0 Å². The summed E-state index contributed by atoms with van der Waals surface area (Å²) in [5, 5.41) is 6.55. The molecule has 0 aromatic heterocycles. The molecule has 0 spiro atoms. The van der Waals surface area contributed by atoms with Crippen molar-refractivity contribution in [2.45, 2.75) is 46.2 Å². The van der Waals surface area contributed by atoms with Crippen LogP contribution in [0.2, 0.25) is 0 Å². The Kier molecular flexibility index (Phi) is 7.34. The zero-order valence-electron chi connectivity index (χ0n) is 21.2. The number of aliphatic imine (C=N–C) groups is 1. The summed E-state index contributed by atoms with van der Waals surface area (Å²) < 4.78 is 0. The lowest BCUT2D eigenvalue weighted by atomic mass is 9.88. The summed E-state index contributed by atoms with van der Waals surface area (Å²) in [5.41, 5.74) is 7.55. The number of allylic oxidation sites excluding steroid dienone is 1. The molecule has 1 aliphatic rings. The van der Waals surface area contributed by atoms with Gasteiger partial charge in [0.05, 0.1) is 11.7 Å². The molecule has 6 heteroatoms. The van der Waals surface area contributed by atoms with Crippen molar-refractivity contribution in [1.82, 2.24) is 0 Å². The zero-order valence-corrected chi connectivity index (χ0v) is 21.2. The zero-order chi connectivity index (χ0) is 25.8. The van der Waals surface area contributed by atoms with Gasteiger partial charge in [-0.15, -0.1) is 0 Å². The normalized spacial score (nSPS) is 16.9. The van der Waals surface area contributed by atoms with E-state index in [4.69, 9.17) is 0 Å². The fourth-order valence-corrected chi connectivity index (χ4v) is 4.94. The molecular weight excluding hydrogens is 448 g/mol. The van der Waals surface area contributed by atoms with E-state index in [2.05, 4.69) is 41.4 Å². The van der Waals surface area contributed by atoms with Crippen molar-refractivity contribution in [2.24, 2.45) is 4.99 Å². The number of hydrogen-bond acceptors (Lipinski definition) is 4. The molecule has 184 valence electrons. The second kappa shape index (κ2) is 10.6. The average molecular weight is 481 g/mol. The molecule has 0 fully saturated rings. The van der Waals surface area contributed by atoms with Crippen molar-refractivity contribution >= 4 is 47.4 Å². The van der Waals surface area contributed by atoms with Gasteiger partial charge in [-0.2, -0.15) is 0 Å². The summed E-state index contributed by atoms with van der Waals surface area (Å²) in [6, 6.07) is 20.1. The molecule has 0 aliphatic carbocycles. The molecule has 1 aliphatic heterocycles. The van der Waals surface area contributed by atoms with Gasteiger partial charge in [0.15, 0.2) is 0 Å². The highest BCUT2D eigenvalue weighted by Crippen LogP contribution is 2.41. The molecule has 1 heterocycles. The molecule has 0 bridgehead atoms. The van der Waals surface area contributed by atoms with Crippen LogP contribution in [0.4, 0.5) is 22.7 Å². The van der Waals surface area contributed by atoms with E-state index in [0.29, 0.717) is 0 Å². The highest BCUT2D eigenvalue weighted by molar-refractivity contribution is 5.94. The molecule has 3 aromatic carbocycles. The van der Waals surface area contributed by atoms with E-state index in [-0.39, 0.29) is 23.9 Å². The van der Waals surface area contributed by atoms with Gasteiger partial charge in [0.1, 0.15) is 0 Å². The Labute approximate surface area is 212 Å². The second-order valence-corrected chi connectivity index (χ2v) is 9.14. The molecule has 2 amide bonds. The first-order chi connectivity index (χ1) is 17.3.